The topological polar surface area (TPSA) is 47.3 Å². The molecule has 1 unspecified atom stereocenters. The maximum atomic E-state index is 13.1. The highest BCUT2D eigenvalue weighted by molar-refractivity contribution is 5.27. The number of halogens is 1. The van der Waals surface area contributed by atoms with Gasteiger partial charge in [0.1, 0.15) is 18.2 Å². The van der Waals surface area contributed by atoms with E-state index in [0.29, 0.717) is 19.2 Å². The van der Waals surface area contributed by atoms with E-state index in [4.69, 9.17) is 10.5 Å². The van der Waals surface area contributed by atoms with Crippen molar-refractivity contribution < 1.29 is 9.13 Å². The Balaban J connectivity index is 1.85. The number of hydrogen-bond donors (Lipinski definition) is 2. The first-order chi connectivity index (χ1) is 10.2. The van der Waals surface area contributed by atoms with Crippen LogP contribution in [0.2, 0.25) is 0 Å². The monoisotopic (exact) mass is 288 g/mol. The second kappa shape index (κ2) is 7.76. The van der Waals surface area contributed by atoms with Crippen LogP contribution in [0.1, 0.15) is 18.1 Å². The molecule has 0 fully saturated rings. The Kier molecular flexibility index (Phi) is 5.72. The summed E-state index contributed by atoms with van der Waals surface area (Å²) in [6, 6.07) is 14.6. The van der Waals surface area contributed by atoms with Gasteiger partial charge in [-0.15, -0.1) is 0 Å². The largest absolute Gasteiger partial charge is 0.489 e. The summed E-state index contributed by atoms with van der Waals surface area (Å²) < 4.78 is 18.7. The molecule has 0 aliphatic carbocycles. The zero-order valence-electron chi connectivity index (χ0n) is 12.2. The standard InChI is InChI=1S/C17H21FN2O/c1-13(10-19)20-11-14-5-7-17(8-6-14)21-12-15-3-2-4-16(18)9-15/h2-9,13,20H,10-12,19H2,1H3. The molecule has 0 radical (unpaired) electrons. The fourth-order valence-corrected chi connectivity index (χ4v) is 1.87. The van der Waals surface area contributed by atoms with E-state index in [1.54, 1.807) is 6.07 Å². The quantitative estimate of drug-likeness (QED) is 0.823. The molecule has 0 heterocycles. The molecule has 4 heteroatoms. The molecule has 21 heavy (non-hydrogen) atoms. The lowest BCUT2D eigenvalue weighted by molar-refractivity contribution is 0.305. The second-order valence-electron chi connectivity index (χ2n) is 5.08. The van der Waals surface area contributed by atoms with Crippen LogP contribution in [0.15, 0.2) is 48.5 Å². The van der Waals surface area contributed by atoms with Crippen molar-refractivity contribution >= 4 is 0 Å². The van der Waals surface area contributed by atoms with E-state index in [2.05, 4.69) is 12.2 Å². The highest BCUT2D eigenvalue weighted by atomic mass is 19.1. The van der Waals surface area contributed by atoms with Gasteiger partial charge < -0.3 is 15.8 Å². The summed E-state index contributed by atoms with van der Waals surface area (Å²) >= 11 is 0. The molecule has 0 aliphatic heterocycles. The minimum absolute atomic E-state index is 0.244. The van der Waals surface area contributed by atoms with Crippen molar-refractivity contribution in [3.8, 4) is 5.75 Å². The predicted octanol–water partition coefficient (Wildman–Crippen LogP) is 2.84. The SMILES string of the molecule is CC(CN)NCc1ccc(OCc2cccc(F)c2)cc1. The van der Waals surface area contributed by atoms with Crippen LogP contribution < -0.4 is 15.8 Å². The van der Waals surface area contributed by atoms with E-state index in [0.717, 1.165) is 17.9 Å². The van der Waals surface area contributed by atoms with E-state index >= 15 is 0 Å². The van der Waals surface area contributed by atoms with Gasteiger partial charge in [-0.2, -0.15) is 0 Å². The Morgan fingerprint density at radius 3 is 2.57 bits per heavy atom. The first kappa shape index (κ1) is 15.5. The Hall–Kier alpha value is -1.91. The zero-order chi connectivity index (χ0) is 15.1. The van der Waals surface area contributed by atoms with Crippen LogP contribution in [-0.2, 0) is 13.2 Å². The molecule has 2 aromatic rings. The molecule has 2 rings (SSSR count). The molecule has 0 amide bonds. The lowest BCUT2D eigenvalue weighted by Crippen LogP contribution is -2.32. The fourth-order valence-electron chi connectivity index (χ4n) is 1.87. The molecule has 0 aromatic heterocycles. The molecular weight excluding hydrogens is 267 g/mol. The number of nitrogens with one attached hydrogen (secondary N) is 1. The van der Waals surface area contributed by atoms with Crippen LogP contribution >= 0.6 is 0 Å². The van der Waals surface area contributed by atoms with Crippen molar-refractivity contribution in [3.63, 3.8) is 0 Å². The Bertz CT molecular complexity index is 557. The van der Waals surface area contributed by atoms with Gasteiger partial charge in [0.25, 0.3) is 0 Å². The summed E-state index contributed by atoms with van der Waals surface area (Å²) in [4.78, 5) is 0. The van der Waals surface area contributed by atoms with Gasteiger partial charge in [0.15, 0.2) is 0 Å². The number of ether oxygens (including phenoxy) is 1. The third kappa shape index (κ3) is 5.17. The third-order valence-electron chi connectivity index (χ3n) is 3.23. The normalized spacial score (nSPS) is 12.1. The van der Waals surface area contributed by atoms with Crippen molar-refractivity contribution in [2.24, 2.45) is 5.73 Å². The van der Waals surface area contributed by atoms with Crippen molar-refractivity contribution in [2.75, 3.05) is 6.54 Å². The molecule has 3 nitrogen and oxygen atoms in total. The molecule has 1 atom stereocenters. The van der Waals surface area contributed by atoms with Gasteiger partial charge in [-0.3, -0.25) is 0 Å². The van der Waals surface area contributed by atoms with Crippen molar-refractivity contribution in [2.45, 2.75) is 26.1 Å². The van der Waals surface area contributed by atoms with E-state index in [9.17, 15) is 4.39 Å². The Labute approximate surface area is 124 Å². The van der Waals surface area contributed by atoms with E-state index in [1.807, 2.05) is 30.3 Å². The summed E-state index contributed by atoms with van der Waals surface area (Å²) in [5, 5.41) is 3.32. The van der Waals surface area contributed by atoms with E-state index in [1.165, 1.54) is 17.7 Å². The highest BCUT2D eigenvalue weighted by Crippen LogP contribution is 2.14. The number of hydrogen-bond acceptors (Lipinski definition) is 3. The van der Waals surface area contributed by atoms with Crippen molar-refractivity contribution in [3.05, 3.63) is 65.5 Å². The molecular formula is C17H21FN2O. The second-order valence-corrected chi connectivity index (χ2v) is 5.08. The third-order valence-corrected chi connectivity index (χ3v) is 3.23. The molecule has 3 N–H and O–H groups in total. The summed E-state index contributed by atoms with van der Waals surface area (Å²) in [6.45, 7) is 3.81. The Morgan fingerprint density at radius 2 is 1.90 bits per heavy atom. The maximum Gasteiger partial charge on any atom is 0.123 e. The van der Waals surface area contributed by atoms with Crippen molar-refractivity contribution in [1.82, 2.24) is 5.32 Å². The zero-order valence-corrected chi connectivity index (χ0v) is 12.2. The number of benzene rings is 2. The summed E-state index contributed by atoms with van der Waals surface area (Å²) in [5.41, 5.74) is 7.55. The van der Waals surface area contributed by atoms with Crippen LogP contribution in [0.4, 0.5) is 4.39 Å². The first-order valence-corrected chi connectivity index (χ1v) is 7.07. The van der Waals surface area contributed by atoms with Crippen LogP contribution in [0.3, 0.4) is 0 Å². The summed E-state index contributed by atoms with van der Waals surface area (Å²) in [6.07, 6.45) is 0. The Morgan fingerprint density at radius 1 is 1.14 bits per heavy atom. The first-order valence-electron chi connectivity index (χ1n) is 7.07. The van der Waals surface area contributed by atoms with Gasteiger partial charge in [-0.25, -0.2) is 4.39 Å². The molecule has 0 spiro atoms. The highest BCUT2D eigenvalue weighted by Gasteiger charge is 2.00. The average molecular weight is 288 g/mol. The van der Waals surface area contributed by atoms with Crippen LogP contribution in [0, 0.1) is 5.82 Å². The summed E-state index contributed by atoms with van der Waals surface area (Å²) in [7, 11) is 0. The van der Waals surface area contributed by atoms with Crippen LogP contribution in [0.5, 0.6) is 5.75 Å². The van der Waals surface area contributed by atoms with Crippen LogP contribution in [-0.4, -0.2) is 12.6 Å². The smallest absolute Gasteiger partial charge is 0.123 e. The molecule has 112 valence electrons. The van der Waals surface area contributed by atoms with Gasteiger partial charge in [-0.1, -0.05) is 24.3 Å². The lowest BCUT2D eigenvalue weighted by Gasteiger charge is -2.11. The average Bonchev–Trinajstić information content (AvgIpc) is 2.51. The van der Waals surface area contributed by atoms with Gasteiger partial charge in [-0.05, 0) is 42.3 Å². The fraction of sp³-hybridized carbons (Fsp3) is 0.294. The summed E-state index contributed by atoms with van der Waals surface area (Å²) in [5.74, 6) is 0.529. The van der Waals surface area contributed by atoms with E-state index < -0.39 is 0 Å². The van der Waals surface area contributed by atoms with Crippen molar-refractivity contribution in [1.29, 1.82) is 0 Å². The molecule has 0 saturated heterocycles. The minimum atomic E-state index is -0.244. The molecule has 0 saturated carbocycles. The van der Waals surface area contributed by atoms with E-state index in [-0.39, 0.29) is 5.82 Å². The maximum absolute atomic E-state index is 13.1. The van der Waals surface area contributed by atoms with Gasteiger partial charge in [0.2, 0.25) is 0 Å². The molecule has 2 aromatic carbocycles. The molecule has 0 aliphatic rings. The minimum Gasteiger partial charge on any atom is -0.489 e. The molecule has 0 bridgehead atoms. The number of nitrogens with two attached hydrogens (primary N) is 1. The van der Waals surface area contributed by atoms with Gasteiger partial charge in [0, 0.05) is 19.1 Å². The lowest BCUT2D eigenvalue weighted by atomic mass is 10.2. The van der Waals surface area contributed by atoms with Gasteiger partial charge in [0.05, 0.1) is 0 Å². The predicted molar refractivity (Wildman–Crippen MR) is 82.5 cm³/mol. The van der Waals surface area contributed by atoms with Crippen LogP contribution in [0.25, 0.3) is 0 Å². The number of rotatable bonds is 7. The van der Waals surface area contributed by atoms with Gasteiger partial charge >= 0.3 is 0 Å².